The van der Waals surface area contributed by atoms with Gasteiger partial charge in [-0.1, -0.05) is 18.2 Å². The Morgan fingerprint density at radius 3 is 2.47 bits per heavy atom. The summed E-state index contributed by atoms with van der Waals surface area (Å²) in [5.74, 6) is -1.65. The Hall–Kier alpha value is -4.08. The standard InChI is InChI=1S/C20H15FN4O5/c1-12(17-22-23-18(29-17)13-5-3-2-4-6-13)28-16(26)11-25-20(27)30-19(24-25)14-7-9-15(21)10-8-14/h2-10,12H,11H2,1H3. The van der Waals surface area contributed by atoms with Crippen LogP contribution in [0.3, 0.4) is 0 Å². The molecule has 0 fully saturated rings. The van der Waals surface area contributed by atoms with Gasteiger partial charge in [-0.25, -0.2) is 9.18 Å². The van der Waals surface area contributed by atoms with Crippen molar-refractivity contribution in [3.63, 3.8) is 0 Å². The van der Waals surface area contributed by atoms with Crippen molar-refractivity contribution in [1.29, 1.82) is 0 Å². The van der Waals surface area contributed by atoms with Crippen LogP contribution in [-0.2, 0) is 16.1 Å². The normalized spacial score (nSPS) is 11.9. The second-order valence-electron chi connectivity index (χ2n) is 6.28. The molecule has 0 N–H and O–H groups in total. The summed E-state index contributed by atoms with van der Waals surface area (Å²) in [5.41, 5.74) is 1.13. The van der Waals surface area contributed by atoms with Crippen molar-refractivity contribution in [2.45, 2.75) is 19.6 Å². The predicted octanol–water partition coefficient (Wildman–Crippen LogP) is 3.00. The minimum Gasteiger partial charge on any atom is -0.451 e. The molecule has 2 aromatic carbocycles. The smallest absolute Gasteiger partial charge is 0.437 e. The fourth-order valence-corrected chi connectivity index (χ4v) is 2.62. The molecule has 0 aliphatic heterocycles. The molecule has 0 saturated heterocycles. The molecule has 152 valence electrons. The molecular weight excluding hydrogens is 395 g/mol. The maximum absolute atomic E-state index is 13.0. The highest BCUT2D eigenvalue weighted by molar-refractivity contribution is 5.69. The first-order valence-electron chi connectivity index (χ1n) is 8.92. The number of halogens is 1. The van der Waals surface area contributed by atoms with Crippen LogP contribution < -0.4 is 5.76 Å². The average Bonchev–Trinajstić information content (AvgIpc) is 3.37. The van der Waals surface area contributed by atoms with Crippen molar-refractivity contribution in [1.82, 2.24) is 20.0 Å². The fourth-order valence-electron chi connectivity index (χ4n) is 2.62. The Labute approximate surface area is 168 Å². The SMILES string of the molecule is CC(OC(=O)Cn1nc(-c2ccc(F)cc2)oc1=O)c1nnc(-c2ccccc2)o1. The Balaban J connectivity index is 1.42. The topological polar surface area (TPSA) is 113 Å². The fraction of sp³-hybridized carbons (Fsp3) is 0.150. The van der Waals surface area contributed by atoms with Crippen LogP contribution in [0.5, 0.6) is 0 Å². The second kappa shape index (κ2) is 8.11. The van der Waals surface area contributed by atoms with Gasteiger partial charge in [0.2, 0.25) is 11.8 Å². The Bertz CT molecular complexity index is 1210. The van der Waals surface area contributed by atoms with E-state index in [1.807, 2.05) is 30.3 Å². The molecule has 2 aromatic heterocycles. The number of ether oxygens (including phenoxy) is 1. The third kappa shape index (κ3) is 4.17. The molecule has 0 aliphatic rings. The van der Waals surface area contributed by atoms with Crippen molar-refractivity contribution >= 4 is 5.97 Å². The van der Waals surface area contributed by atoms with E-state index in [2.05, 4.69) is 15.3 Å². The highest BCUT2D eigenvalue weighted by Crippen LogP contribution is 2.22. The lowest BCUT2D eigenvalue weighted by atomic mass is 10.2. The van der Waals surface area contributed by atoms with Gasteiger partial charge < -0.3 is 13.6 Å². The molecule has 4 aromatic rings. The number of carbonyl (C=O) groups is 1. The molecule has 0 radical (unpaired) electrons. The maximum atomic E-state index is 13.0. The third-order valence-corrected chi connectivity index (χ3v) is 4.09. The van der Waals surface area contributed by atoms with Gasteiger partial charge in [0.25, 0.3) is 5.89 Å². The van der Waals surface area contributed by atoms with E-state index in [9.17, 15) is 14.0 Å². The van der Waals surface area contributed by atoms with E-state index in [-0.39, 0.29) is 11.8 Å². The molecule has 0 amide bonds. The van der Waals surface area contributed by atoms with Gasteiger partial charge in [0.1, 0.15) is 12.4 Å². The third-order valence-electron chi connectivity index (χ3n) is 4.09. The first-order chi connectivity index (χ1) is 14.5. The van der Waals surface area contributed by atoms with Gasteiger partial charge >= 0.3 is 11.7 Å². The van der Waals surface area contributed by atoms with Gasteiger partial charge in [0, 0.05) is 11.1 Å². The quantitative estimate of drug-likeness (QED) is 0.446. The van der Waals surface area contributed by atoms with E-state index in [4.69, 9.17) is 13.6 Å². The molecular formula is C20H15FN4O5. The number of nitrogens with zero attached hydrogens (tertiary/aromatic N) is 4. The van der Waals surface area contributed by atoms with Crippen LogP contribution in [0.1, 0.15) is 18.9 Å². The first kappa shape index (κ1) is 19.2. The summed E-state index contributed by atoms with van der Waals surface area (Å²) in [6.45, 7) is 1.09. The van der Waals surface area contributed by atoms with Crippen molar-refractivity contribution in [2.24, 2.45) is 0 Å². The molecule has 0 aliphatic carbocycles. The van der Waals surface area contributed by atoms with Crippen molar-refractivity contribution in [3.8, 4) is 22.9 Å². The molecule has 0 saturated carbocycles. The number of aromatic nitrogens is 4. The summed E-state index contributed by atoms with van der Waals surface area (Å²) in [6.07, 6.45) is -0.832. The maximum Gasteiger partial charge on any atom is 0.437 e. The first-order valence-corrected chi connectivity index (χ1v) is 8.92. The number of esters is 1. The van der Waals surface area contributed by atoms with Gasteiger partial charge in [0.15, 0.2) is 6.10 Å². The molecule has 4 rings (SSSR count). The molecule has 0 spiro atoms. The molecule has 0 bridgehead atoms. The summed E-state index contributed by atoms with van der Waals surface area (Å²) in [5, 5.41) is 11.8. The van der Waals surface area contributed by atoms with Crippen LogP contribution in [-0.4, -0.2) is 25.9 Å². The van der Waals surface area contributed by atoms with E-state index in [1.54, 1.807) is 6.92 Å². The highest BCUT2D eigenvalue weighted by Gasteiger charge is 2.21. The summed E-state index contributed by atoms with van der Waals surface area (Å²) in [4.78, 5) is 24.2. The zero-order chi connectivity index (χ0) is 21.1. The molecule has 10 heteroatoms. The van der Waals surface area contributed by atoms with Crippen LogP contribution in [0, 0.1) is 5.82 Å². The van der Waals surface area contributed by atoms with E-state index >= 15 is 0 Å². The summed E-state index contributed by atoms with van der Waals surface area (Å²) >= 11 is 0. The minimum atomic E-state index is -0.844. The average molecular weight is 410 g/mol. The van der Waals surface area contributed by atoms with E-state index < -0.39 is 30.2 Å². The molecule has 1 atom stereocenters. The lowest BCUT2D eigenvalue weighted by Gasteiger charge is -2.08. The summed E-state index contributed by atoms with van der Waals surface area (Å²) in [7, 11) is 0. The van der Waals surface area contributed by atoms with Crippen LogP contribution in [0.15, 0.2) is 68.2 Å². The molecule has 2 heterocycles. The number of benzene rings is 2. The monoisotopic (exact) mass is 410 g/mol. The van der Waals surface area contributed by atoms with Crippen LogP contribution in [0.4, 0.5) is 4.39 Å². The minimum absolute atomic E-state index is 0.0368. The number of hydrogen-bond donors (Lipinski definition) is 0. The second-order valence-corrected chi connectivity index (χ2v) is 6.28. The van der Waals surface area contributed by atoms with Crippen LogP contribution >= 0.6 is 0 Å². The Morgan fingerprint density at radius 1 is 1.03 bits per heavy atom. The van der Waals surface area contributed by atoms with Gasteiger partial charge in [-0.3, -0.25) is 4.79 Å². The van der Waals surface area contributed by atoms with Crippen LogP contribution in [0.25, 0.3) is 22.9 Å². The highest BCUT2D eigenvalue weighted by atomic mass is 19.1. The predicted molar refractivity (Wildman–Crippen MR) is 100 cm³/mol. The van der Waals surface area contributed by atoms with Crippen molar-refractivity contribution < 1.29 is 22.8 Å². The lowest BCUT2D eigenvalue weighted by Crippen LogP contribution is -2.23. The largest absolute Gasteiger partial charge is 0.451 e. The van der Waals surface area contributed by atoms with E-state index in [0.717, 1.165) is 10.2 Å². The number of carbonyl (C=O) groups excluding carboxylic acids is 1. The molecule has 1 unspecified atom stereocenters. The zero-order valence-electron chi connectivity index (χ0n) is 15.7. The lowest BCUT2D eigenvalue weighted by molar-refractivity contribution is -0.150. The van der Waals surface area contributed by atoms with Crippen molar-refractivity contribution in [3.05, 3.63) is 76.9 Å². The molecule has 30 heavy (non-hydrogen) atoms. The number of hydrogen-bond acceptors (Lipinski definition) is 8. The summed E-state index contributed by atoms with van der Waals surface area (Å²) < 4.78 is 29.6. The van der Waals surface area contributed by atoms with Gasteiger partial charge in [0.05, 0.1) is 0 Å². The van der Waals surface area contributed by atoms with Crippen molar-refractivity contribution in [2.75, 3.05) is 0 Å². The van der Waals surface area contributed by atoms with Gasteiger partial charge in [-0.15, -0.1) is 15.3 Å². The van der Waals surface area contributed by atoms with E-state index in [0.29, 0.717) is 11.5 Å². The van der Waals surface area contributed by atoms with Gasteiger partial charge in [-0.2, -0.15) is 4.68 Å². The van der Waals surface area contributed by atoms with E-state index in [1.165, 1.54) is 24.3 Å². The number of rotatable bonds is 6. The van der Waals surface area contributed by atoms with Crippen LogP contribution in [0.2, 0.25) is 0 Å². The summed E-state index contributed by atoms with van der Waals surface area (Å²) in [6, 6.07) is 14.4. The molecule has 9 nitrogen and oxygen atoms in total. The Kier molecular flexibility index (Phi) is 5.21. The van der Waals surface area contributed by atoms with Gasteiger partial charge in [-0.05, 0) is 43.3 Å². The zero-order valence-corrected chi connectivity index (χ0v) is 15.7. The Morgan fingerprint density at radius 2 is 1.73 bits per heavy atom.